The largest absolute Gasteiger partial charge is 0.462 e. The molecule has 0 unspecified atom stereocenters. The Morgan fingerprint density at radius 1 is 1.24 bits per heavy atom. The van der Waals surface area contributed by atoms with Crippen LogP contribution in [0.25, 0.3) is 32.1 Å². The number of likely N-dealkylation sites (N-methyl/N-ethyl adjacent to an activating group) is 1. The van der Waals surface area contributed by atoms with Crippen LogP contribution in [0, 0.1) is 0 Å². The summed E-state index contributed by atoms with van der Waals surface area (Å²) in [6, 6.07) is 12.6. The SMILES string of the molecule is C=C(F)C(=O)NCCNc1nc(OC[C@@H]2CCCN2C)nc2cc(-c3cccc4sccc34)c(Cl)cc12. The third kappa shape index (κ3) is 5.53. The van der Waals surface area contributed by atoms with Crippen LogP contribution in [0.2, 0.25) is 5.02 Å². The molecule has 3 heterocycles. The number of hydrogen-bond donors (Lipinski definition) is 2. The lowest BCUT2D eigenvalue weighted by Crippen LogP contribution is -2.31. The zero-order chi connectivity index (χ0) is 25.9. The molecule has 1 amide bonds. The molecule has 0 aliphatic carbocycles. The quantitative estimate of drug-likeness (QED) is 0.211. The third-order valence-electron chi connectivity index (χ3n) is 6.58. The number of rotatable bonds is 9. The van der Waals surface area contributed by atoms with Gasteiger partial charge in [-0.05, 0) is 61.6 Å². The second-order valence-electron chi connectivity index (χ2n) is 9.02. The highest BCUT2D eigenvalue weighted by Gasteiger charge is 2.22. The van der Waals surface area contributed by atoms with E-state index in [4.69, 9.17) is 21.3 Å². The van der Waals surface area contributed by atoms with Crippen LogP contribution in [0.3, 0.4) is 0 Å². The maximum absolute atomic E-state index is 13.0. The number of fused-ring (bicyclic) bond motifs is 2. The lowest BCUT2D eigenvalue weighted by atomic mass is 10.0. The van der Waals surface area contributed by atoms with E-state index in [1.807, 2.05) is 18.2 Å². The number of hydrogen-bond acceptors (Lipinski definition) is 7. The minimum Gasteiger partial charge on any atom is -0.462 e. The molecule has 1 atom stereocenters. The van der Waals surface area contributed by atoms with Crippen molar-refractivity contribution in [3.8, 4) is 17.1 Å². The minimum atomic E-state index is -1.03. The van der Waals surface area contributed by atoms with Gasteiger partial charge >= 0.3 is 6.01 Å². The van der Waals surface area contributed by atoms with E-state index in [0.717, 1.165) is 41.3 Å². The van der Waals surface area contributed by atoms with Gasteiger partial charge in [0.05, 0.1) is 5.52 Å². The van der Waals surface area contributed by atoms with Crippen LogP contribution in [0.15, 0.2) is 54.2 Å². The zero-order valence-electron chi connectivity index (χ0n) is 20.4. The molecule has 2 N–H and O–H groups in total. The van der Waals surface area contributed by atoms with Gasteiger partial charge in [0.1, 0.15) is 12.4 Å². The normalized spacial score (nSPS) is 15.8. The number of carbonyl (C=O) groups is 1. The van der Waals surface area contributed by atoms with Gasteiger partial charge in [0, 0.05) is 45.2 Å². The number of anilines is 1. The number of carbonyl (C=O) groups excluding carboxylic acids is 1. The van der Waals surface area contributed by atoms with E-state index in [9.17, 15) is 9.18 Å². The molecule has 1 saturated heterocycles. The first kappa shape index (κ1) is 25.4. The second-order valence-corrected chi connectivity index (χ2v) is 10.4. The Morgan fingerprint density at radius 3 is 2.89 bits per heavy atom. The summed E-state index contributed by atoms with van der Waals surface area (Å²) in [6.45, 7) is 5.04. The second kappa shape index (κ2) is 11.0. The van der Waals surface area contributed by atoms with Gasteiger partial charge in [-0.15, -0.1) is 11.3 Å². The van der Waals surface area contributed by atoms with Crippen molar-refractivity contribution in [3.63, 3.8) is 0 Å². The Labute approximate surface area is 223 Å². The Bertz CT molecular complexity index is 1480. The molecule has 0 radical (unpaired) electrons. The topological polar surface area (TPSA) is 79.4 Å². The Hall–Kier alpha value is -3.27. The number of thiophene rings is 1. The van der Waals surface area contributed by atoms with Crippen LogP contribution in [0.5, 0.6) is 6.01 Å². The molecule has 37 heavy (non-hydrogen) atoms. The van der Waals surface area contributed by atoms with Gasteiger partial charge in [-0.3, -0.25) is 4.79 Å². The lowest BCUT2D eigenvalue weighted by molar-refractivity contribution is -0.118. The van der Waals surface area contributed by atoms with E-state index >= 15 is 0 Å². The van der Waals surface area contributed by atoms with E-state index in [1.165, 1.54) is 4.70 Å². The zero-order valence-corrected chi connectivity index (χ0v) is 22.0. The highest BCUT2D eigenvalue weighted by molar-refractivity contribution is 7.17. The fraction of sp³-hybridized carbons (Fsp3) is 0.296. The Kier molecular flexibility index (Phi) is 7.55. The van der Waals surface area contributed by atoms with E-state index in [2.05, 4.69) is 57.7 Å². The van der Waals surface area contributed by atoms with Crippen LogP contribution in [0.4, 0.5) is 10.2 Å². The molecule has 192 valence electrons. The summed E-state index contributed by atoms with van der Waals surface area (Å²) >= 11 is 8.48. The Morgan fingerprint density at radius 2 is 2.11 bits per heavy atom. The van der Waals surface area contributed by atoms with Gasteiger partial charge in [0.15, 0.2) is 5.83 Å². The van der Waals surface area contributed by atoms with Crippen LogP contribution >= 0.6 is 22.9 Å². The summed E-state index contributed by atoms with van der Waals surface area (Å²) in [4.78, 5) is 23.1. The molecule has 7 nitrogen and oxygen atoms in total. The molecule has 2 aromatic carbocycles. The number of halogens is 2. The summed E-state index contributed by atoms with van der Waals surface area (Å²) in [5.41, 5.74) is 2.58. The van der Waals surface area contributed by atoms with Gasteiger partial charge in [-0.2, -0.15) is 9.97 Å². The highest BCUT2D eigenvalue weighted by Crippen LogP contribution is 2.39. The van der Waals surface area contributed by atoms with Crippen molar-refractivity contribution < 1.29 is 13.9 Å². The monoisotopic (exact) mass is 539 g/mol. The van der Waals surface area contributed by atoms with Crippen molar-refractivity contribution in [3.05, 3.63) is 59.2 Å². The smallest absolute Gasteiger partial charge is 0.318 e. The molecule has 2 aromatic heterocycles. The van der Waals surface area contributed by atoms with Gasteiger partial charge in [-0.1, -0.05) is 30.3 Å². The molecule has 1 aliphatic heterocycles. The average Bonchev–Trinajstić information content (AvgIpc) is 3.53. The lowest BCUT2D eigenvalue weighted by Gasteiger charge is -2.19. The molecule has 0 saturated carbocycles. The number of aromatic nitrogens is 2. The molecule has 0 spiro atoms. The molecular formula is C27H27ClFN5O2S. The minimum absolute atomic E-state index is 0.183. The molecule has 5 rings (SSSR count). The summed E-state index contributed by atoms with van der Waals surface area (Å²) < 4.78 is 20.2. The number of benzene rings is 2. The highest BCUT2D eigenvalue weighted by atomic mass is 35.5. The fourth-order valence-corrected chi connectivity index (χ4v) is 5.65. The van der Waals surface area contributed by atoms with Crippen molar-refractivity contribution in [2.75, 3.05) is 38.6 Å². The van der Waals surface area contributed by atoms with Crippen molar-refractivity contribution in [2.45, 2.75) is 18.9 Å². The first-order valence-electron chi connectivity index (χ1n) is 12.1. The standard InChI is InChI=1S/C27H27ClFN5O2S/c1-16(29)26(35)31-10-9-30-25-21-13-22(28)20(18-6-3-7-24-19(18)8-12-37-24)14-23(21)32-27(33-25)36-15-17-5-4-11-34(17)2/h3,6-8,12-14,17H,1,4-5,9-11,15H2,2H3,(H,31,35)(H,30,32,33)/t17-/m0/s1. The molecule has 0 bridgehead atoms. The van der Waals surface area contributed by atoms with Crippen LogP contribution < -0.4 is 15.4 Å². The van der Waals surface area contributed by atoms with Gasteiger partial charge in [0.25, 0.3) is 5.91 Å². The first-order chi connectivity index (χ1) is 17.9. The summed E-state index contributed by atoms with van der Waals surface area (Å²) in [7, 11) is 2.09. The van der Waals surface area contributed by atoms with Gasteiger partial charge in [-0.25, -0.2) is 4.39 Å². The van der Waals surface area contributed by atoms with Crippen LogP contribution in [-0.2, 0) is 4.79 Å². The summed E-state index contributed by atoms with van der Waals surface area (Å²) in [5, 5.41) is 10.2. The van der Waals surface area contributed by atoms with Crippen molar-refractivity contribution in [2.24, 2.45) is 0 Å². The van der Waals surface area contributed by atoms with Gasteiger partial charge < -0.3 is 20.3 Å². The molecule has 4 aromatic rings. The predicted molar refractivity (Wildman–Crippen MR) is 148 cm³/mol. The van der Waals surface area contributed by atoms with E-state index < -0.39 is 11.7 Å². The third-order valence-corrected chi connectivity index (χ3v) is 7.77. The summed E-state index contributed by atoms with van der Waals surface area (Å²) in [5.74, 6) is -1.34. The van der Waals surface area contributed by atoms with Crippen molar-refractivity contribution in [1.29, 1.82) is 0 Å². The van der Waals surface area contributed by atoms with Crippen molar-refractivity contribution in [1.82, 2.24) is 20.2 Å². The maximum Gasteiger partial charge on any atom is 0.318 e. The van der Waals surface area contributed by atoms with E-state index in [0.29, 0.717) is 35.6 Å². The first-order valence-corrected chi connectivity index (χ1v) is 13.3. The molecule has 1 fully saturated rings. The molecule has 10 heteroatoms. The number of nitrogens with one attached hydrogen (secondary N) is 2. The maximum atomic E-state index is 13.0. The van der Waals surface area contributed by atoms with Crippen molar-refractivity contribution >= 4 is 55.7 Å². The van der Waals surface area contributed by atoms with Crippen LogP contribution in [0.1, 0.15) is 12.8 Å². The number of likely N-dealkylation sites (tertiary alicyclic amines) is 1. The summed E-state index contributed by atoms with van der Waals surface area (Å²) in [6.07, 6.45) is 2.21. The van der Waals surface area contributed by atoms with Gasteiger partial charge in [0.2, 0.25) is 0 Å². The average molecular weight is 540 g/mol. The van der Waals surface area contributed by atoms with E-state index in [1.54, 1.807) is 11.3 Å². The Balaban J connectivity index is 1.48. The van der Waals surface area contributed by atoms with Crippen LogP contribution in [-0.4, -0.2) is 60.1 Å². The molecular weight excluding hydrogens is 513 g/mol. The molecule has 1 aliphatic rings. The number of nitrogens with zero attached hydrogens (tertiary/aromatic N) is 3. The fourth-order valence-electron chi connectivity index (χ4n) is 4.58. The number of ether oxygens (including phenoxy) is 1. The number of amides is 1. The predicted octanol–water partition coefficient (Wildman–Crippen LogP) is 5.65. The van der Waals surface area contributed by atoms with E-state index in [-0.39, 0.29) is 12.6 Å².